The number of hydrogen-bond acceptors (Lipinski definition) is 2. The summed E-state index contributed by atoms with van der Waals surface area (Å²) in [6.45, 7) is 2.81. The Morgan fingerprint density at radius 1 is 1.47 bits per heavy atom. The quantitative estimate of drug-likeness (QED) is 0.710. The van der Waals surface area contributed by atoms with Gasteiger partial charge < -0.3 is 14.8 Å². The standard InChI is InChI=1S/C10H14N4S/c15-10(12-8-1-2-8)14-6-5-13-4-3-11-9(13)7-14/h3-4,8H,1-2,5-7H2,(H,12,15). The molecule has 80 valence electrons. The first-order valence-electron chi connectivity index (χ1n) is 5.38. The molecule has 1 saturated carbocycles. The van der Waals surface area contributed by atoms with Crippen LogP contribution in [0.1, 0.15) is 18.7 Å². The maximum atomic E-state index is 5.37. The van der Waals surface area contributed by atoms with Crippen LogP contribution in [0.3, 0.4) is 0 Å². The van der Waals surface area contributed by atoms with E-state index in [0.29, 0.717) is 6.04 Å². The predicted molar refractivity (Wildman–Crippen MR) is 61.4 cm³/mol. The molecule has 15 heavy (non-hydrogen) atoms. The van der Waals surface area contributed by atoms with Gasteiger partial charge in [0.1, 0.15) is 5.82 Å². The van der Waals surface area contributed by atoms with E-state index in [-0.39, 0.29) is 0 Å². The van der Waals surface area contributed by atoms with Gasteiger partial charge in [0.25, 0.3) is 0 Å². The van der Waals surface area contributed by atoms with Gasteiger partial charge in [-0.1, -0.05) is 0 Å². The van der Waals surface area contributed by atoms with Crippen LogP contribution in [-0.2, 0) is 13.1 Å². The summed E-state index contributed by atoms with van der Waals surface area (Å²) in [5, 5.41) is 4.26. The Hall–Kier alpha value is -1.10. The topological polar surface area (TPSA) is 33.1 Å². The first-order valence-corrected chi connectivity index (χ1v) is 5.79. The van der Waals surface area contributed by atoms with Crippen molar-refractivity contribution >= 4 is 17.3 Å². The van der Waals surface area contributed by atoms with E-state index in [1.165, 1.54) is 12.8 Å². The molecule has 0 bridgehead atoms. The fourth-order valence-electron chi connectivity index (χ4n) is 1.84. The number of thiocarbonyl (C=S) groups is 1. The van der Waals surface area contributed by atoms with Crippen molar-refractivity contribution in [3.63, 3.8) is 0 Å². The lowest BCUT2D eigenvalue weighted by atomic mass is 10.4. The maximum Gasteiger partial charge on any atom is 0.169 e. The Morgan fingerprint density at radius 3 is 3.13 bits per heavy atom. The molecule has 1 N–H and O–H groups in total. The first-order chi connectivity index (χ1) is 7.33. The lowest BCUT2D eigenvalue weighted by Crippen LogP contribution is -2.44. The average molecular weight is 222 g/mol. The van der Waals surface area contributed by atoms with Crippen LogP contribution in [0, 0.1) is 0 Å². The van der Waals surface area contributed by atoms with Crippen molar-refractivity contribution in [2.75, 3.05) is 6.54 Å². The van der Waals surface area contributed by atoms with Gasteiger partial charge in [-0.15, -0.1) is 0 Å². The highest BCUT2D eigenvalue weighted by Crippen LogP contribution is 2.19. The van der Waals surface area contributed by atoms with E-state index < -0.39 is 0 Å². The number of imidazole rings is 1. The van der Waals surface area contributed by atoms with Crippen molar-refractivity contribution in [3.05, 3.63) is 18.2 Å². The van der Waals surface area contributed by atoms with E-state index in [1.54, 1.807) is 0 Å². The molecular formula is C10H14N4S. The molecule has 1 aliphatic heterocycles. The van der Waals surface area contributed by atoms with Crippen LogP contribution in [0.5, 0.6) is 0 Å². The maximum absolute atomic E-state index is 5.37. The van der Waals surface area contributed by atoms with Gasteiger partial charge >= 0.3 is 0 Å². The number of nitrogens with zero attached hydrogens (tertiary/aromatic N) is 3. The summed E-state index contributed by atoms with van der Waals surface area (Å²) in [5.74, 6) is 1.11. The van der Waals surface area contributed by atoms with Gasteiger partial charge in [-0.05, 0) is 25.1 Å². The molecule has 0 spiro atoms. The Kier molecular flexibility index (Phi) is 2.12. The summed E-state index contributed by atoms with van der Waals surface area (Å²) in [4.78, 5) is 6.52. The molecule has 0 radical (unpaired) electrons. The Balaban J connectivity index is 1.66. The summed E-state index contributed by atoms with van der Waals surface area (Å²) in [6, 6.07) is 0.638. The molecule has 0 atom stereocenters. The van der Waals surface area contributed by atoms with E-state index >= 15 is 0 Å². The lowest BCUT2D eigenvalue weighted by Gasteiger charge is -2.30. The van der Waals surface area contributed by atoms with Gasteiger partial charge in [-0.25, -0.2) is 4.98 Å². The summed E-state index contributed by atoms with van der Waals surface area (Å²) < 4.78 is 2.19. The van der Waals surface area contributed by atoms with E-state index in [2.05, 4.69) is 19.8 Å². The van der Waals surface area contributed by atoms with Gasteiger partial charge in [0, 0.05) is 31.5 Å². The van der Waals surface area contributed by atoms with Crippen molar-refractivity contribution in [1.82, 2.24) is 19.8 Å². The largest absolute Gasteiger partial charge is 0.360 e. The Labute approximate surface area is 94.3 Å². The minimum Gasteiger partial charge on any atom is -0.360 e. The summed E-state index contributed by atoms with van der Waals surface area (Å²) in [7, 11) is 0. The number of hydrogen-bond donors (Lipinski definition) is 1. The molecule has 1 aliphatic carbocycles. The number of nitrogens with one attached hydrogen (secondary N) is 1. The van der Waals surface area contributed by atoms with E-state index in [9.17, 15) is 0 Å². The molecule has 2 heterocycles. The highest BCUT2D eigenvalue weighted by Gasteiger charge is 2.25. The van der Waals surface area contributed by atoms with Gasteiger partial charge in [0.15, 0.2) is 5.11 Å². The summed E-state index contributed by atoms with van der Waals surface area (Å²) in [5.41, 5.74) is 0. The molecule has 2 aliphatic rings. The van der Waals surface area contributed by atoms with Crippen molar-refractivity contribution in [1.29, 1.82) is 0 Å². The van der Waals surface area contributed by atoms with Crippen LogP contribution in [0.25, 0.3) is 0 Å². The van der Waals surface area contributed by atoms with Crippen molar-refractivity contribution < 1.29 is 0 Å². The van der Waals surface area contributed by atoms with Crippen molar-refractivity contribution in [3.8, 4) is 0 Å². The molecule has 0 amide bonds. The fourth-order valence-corrected chi connectivity index (χ4v) is 2.16. The summed E-state index contributed by atoms with van der Waals surface area (Å²) in [6.07, 6.45) is 6.42. The van der Waals surface area contributed by atoms with Gasteiger partial charge in [0.2, 0.25) is 0 Å². The van der Waals surface area contributed by atoms with E-state index in [1.807, 2.05) is 12.4 Å². The van der Waals surface area contributed by atoms with Gasteiger partial charge in [0.05, 0.1) is 6.54 Å². The SMILES string of the molecule is S=C(NC1CC1)N1CCn2ccnc2C1. The number of fused-ring (bicyclic) bond motifs is 1. The second-order valence-electron chi connectivity index (χ2n) is 4.18. The van der Waals surface area contributed by atoms with Crippen LogP contribution in [-0.4, -0.2) is 32.2 Å². The average Bonchev–Trinajstić information content (AvgIpc) is 2.94. The predicted octanol–water partition coefficient (Wildman–Crippen LogP) is 0.736. The minimum atomic E-state index is 0.638. The number of rotatable bonds is 1. The third-order valence-corrected chi connectivity index (χ3v) is 3.31. The highest BCUT2D eigenvalue weighted by atomic mass is 32.1. The monoisotopic (exact) mass is 222 g/mol. The minimum absolute atomic E-state index is 0.638. The first kappa shape index (κ1) is 9.15. The van der Waals surface area contributed by atoms with Crippen LogP contribution in [0.4, 0.5) is 0 Å². The van der Waals surface area contributed by atoms with Gasteiger partial charge in [-0.2, -0.15) is 0 Å². The highest BCUT2D eigenvalue weighted by molar-refractivity contribution is 7.80. The molecule has 0 aromatic carbocycles. The Morgan fingerprint density at radius 2 is 2.33 bits per heavy atom. The second kappa shape index (κ2) is 3.48. The smallest absolute Gasteiger partial charge is 0.169 e. The normalized spacial score (nSPS) is 19.9. The zero-order valence-electron chi connectivity index (χ0n) is 8.52. The van der Waals surface area contributed by atoms with Crippen LogP contribution < -0.4 is 5.32 Å². The Bertz CT molecular complexity index is 383. The van der Waals surface area contributed by atoms with Crippen LogP contribution in [0.15, 0.2) is 12.4 Å². The molecule has 0 saturated heterocycles. The van der Waals surface area contributed by atoms with Crippen LogP contribution >= 0.6 is 12.2 Å². The third-order valence-electron chi connectivity index (χ3n) is 2.94. The molecule has 0 unspecified atom stereocenters. The van der Waals surface area contributed by atoms with E-state index in [4.69, 9.17) is 12.2 Å². The van der Waals surface area contributed by atoms with Gasteiger partial charge in [-0.3, -0.25) is 0 Å². The lowest BCUT2D eigenvalue weighted by molar-refractivity contribution is 0.325. The molecule has 1 aromatic heterocycles. The molecule has 1 aromatic rings. The molecule has 1 fully saturated rings. The molecule has 5 heteroatoms. The molecular weight excluding hydrogens is 208 g/mol. The van der Waals surface area contributed by atoms with Crippen molar-refractivity contribution in [2.24, 2.45) is 0 Å². The van der Waals surface area contributed by atoms with Crippen LogP contribution in [0.2, 0.25) is 0 Å². The molecule has 3 rings (SSSR count). The van der Waals surface area contributed by atoms with E-state index in [0.717, 1.165) is 30.6 Å². The molecule has 4 nitrogen and oxygen atoms in total. The fraction of sp³-hybridized carbons (Fsp3) is 0.600. The number of aromatic nitrogens is 2. The zero-order chi connectivity index (χ0) is 10.3. The third kappa shape index (κ3) is 1.84. The van der Waals surface area contributed by atoms with Crippen molar-refractivity contribution in [2.45, 2.75) is 32.0 Å². The second-order valence-corrected chi connectivity index (χ2v) is 4.57. The zero-order valence-corrected chi connectivity index (χ0v) is 9.33. The summed E-state index contributed by atoms with van der Waals surface area (Å²) >= 11 is 5.37.